The van der Waals surface area contributed by atoms with Gasteiger partial charge in [-0.1, -0.05) is 22.8 Å². The summed E-state index contributed by atoms with van der Waals surface area (Å²) in [5, 5.41) is 8.64. The highest BCUT2D eigenvalue weighted by molar-refractivity contribution is 7.37. The van der Waals surface area contributed by atoms with Crippen molar-refractivity contribution >= 4 is 8.03 Å². The molecule has 0 aromatic rings. The van der Waals surface area contributed by atoms with E-state index in [9.17, 15) is 9.46 Å². The van der Waals surface area contributed by atoms with Crippen molar-refractivity contribution in [2.75, 3.05) is 0 Å². The number of hydrogen-bond donors (Lipinski definition) is 1. The van der Waals surface area contributed by atoms with Crippen LogP contribution in [0.4, 0.5) is 0 Å². The van der Waals surface area contributed by atoms with Gasteiger partial charge >= 0.3 is 8.03 Å². The van der Waals surface area contributed by atoms with E-state index in [0.717, 1.165) is 0 Å². The van der Waals surface area contributed by atoms with Gasteiger partial charge in [0, 0.05) is 0 Å². The van der Waals surface area contributed by atoms with Gasteiger partial charge in [-0.25, -0.2) is 0 Å². The second kappa shape index (κ2) is 5.30. The molecule has 0 saturated heterocycles. The van der Waals surface area contributed by atoms with Crippen LogP contribution < -0.4 is 4.89 Å². The van der Waals surface area contributed by atoms with E-state index in [4.69, 9.17) is 5.11 Å². The summed E-state index contributed by atoms with van der Waals surface area (Å²) in [7, 11) is -2.74. The number of aliphatic hydroxyl groups excluding tert-OH is 1. The molecule has 0 aromatic carbocycles. The molecule has 0 heterocycles. The van der Waals surface area contributed by atoms with Crippen LogP contribution in [-0.4, -0.2) is 11.0 Å². The highest BCUT2D eigenvalue weighted by Crippen LogP contribution is 2.14. The summed E-state index contributed by atoms with van der Waals surface area (Å²) >= 11 is 0. The first-order valence-corrected chi connectivity index (χ1v) is 4.04. The molecule has 0 aromatic heterocycles. The summed E-state index contributed by atoms with van der Waals surface area (Å²) < 4.78 is 10.0. The zero-order valence-corrected chi connectivity index (χ0v) is 6.49. The van der Waals surface area contributed by atoms with E-state index in [1.54, 1.807) is 19.1 Å². The lowest BCUT2D eigenvalue weighted by atomic mass is 10.4. The number of allylic oxidation sites excluding steroid dienone is 3. The van der Waals surface area contributed by atoms with E-state index in [1.807, 2.05) is 0 Å². The lowest BCUT2D eigenvalue weighted by Crippen LogP contribution is -2.02. The quantitative estimate of drug-likeness (QED) is 0.484. The standard InChI is InChI=1S/C6H9O3P/c1-2-3-4-5-6(7)10(8)9/h2-7H,1H3/b3-2+,5-4+. The van der Waals surface area contributed by atoms with Crippen molar-refractivity contribution in [2.45, 2.75) is 12.8 Å². The Labute approximate surface area is 60.6 Å². The molecular weight excluding hydrogens is 151 g/mol. The van der Waals surface area contributed by atoms with E-state index in [2.05, 4.69) is 0 Å². The summed E-state index contributed by atoms with van der Waals surface area (Å²) in [6.45, 7) is 1.80. The summed E-state index contributed by atoms with van der Waals surface area (Å²) in [5.74, 6) is -1.36. The molecule has 0 aliphatic rings. The van der Waals surface area contributed by atoms with Crippen molar-refractivity contribution in [3.05, 3.63) is 24.3 Å². The molecule has 10 heavy (non-hydrogen) atoms. The van der Waals surface area contributed by atoms with Gasteiger partial charge in [-0.3, -0.25) is 0 Å². The van der Waals surface area contributed by atoms with Crippen LogP contribution in [0.3, 0.4) is 0 Å². The summed E-state index contributed by atoms with van der Waals surface area (Å²) in [6, 6.07) is 0. The van der Waals surface area contributed by atoms with Gasteiger partial charge in [-0.15, -0.1) is 0 Å². The Morgan fingerprint density at radius 1 is 1.60 bits per heavy atom. The summed E-state index contributed by atoms with van der Waals surface area (Å²) in [5.41, 5.74) is 0. The molecule has 0 fully saturated rings. The predicted octanol–water partition coefficient (Wildman–Crippen LogP) is 0.540. The molecule has 0 rings (SSSR count). The fourth-order valence-electron chi connectivity index (χ4n) is 0.345. The summed E-state index contributed by atoms with van der Waals surface area (Å²) in [4.78, 5) is 10.0. The van der Waals surface area contributed by atoms with Crippen molar-refractivity contribution in [2.24, 2.45) is 0 Å². The third kappa shape index (κ3) is 4.39. The van der Waals surface area contributed by atoms with Crippen molar-refractivity contribution in [1.29, 1.82) is 0 Å². The Kier molecular flexibility index (Phi) is 5.03. The van der Waals surface area contributed by atoms with E-state index in [0.29, 0.717) is 0 Å². The molecule has 0 spiro atoms. The second-order valence-electron chi connectivity index (χ2n) is 1.61. The van der Waals surface area contributed by atoms with E-state index in [-0.39, 0.29) is 0 Å². The number of rotatable bonds is 3. The van der Waals surface area contributed by atoms with Crippen LogP contribution in [0.5, 0.6) is 0 Å². The van der Waals surface area contributed by atoms with Crippen molar-refractivity contribution < 1.29 is 14.6 Å². The van der Waals surface area contributed by atoms with Crippen LogP contribution in [0.25, 0.3) is 0 Å². The Bertz CT molecular complexity index is 162. The number of hydrogen-bond acceptors (Lipinski definition) is 3. The minimum absolute atomic E-state index is 1.20. The molecular formula is C6H9O3P. The van der Waals surface area contributed by atoms with E-state index < -0.39 is 13.9 Å². The molecule has 0 radical (unpaired) electrons. The lowest BCUT2D eigenvalue weighted by Gasteiger charge is -1.90. The van der Waals surface area contributed by atoms with E-state index >= 15 is 0 Å². The molecule has 0 aliphatic carbocycles. The van der Waals surface area contributed by atoms with Crippen LogP contribution >= 0.6 is 8.03 Å². The normalized spacial score (nSPS) is 16.5. The van der Waals surface area contributed by atoms with Crippen molar-refractivity contribution in [3.63, 3.8) is 0 Å². The highest BCUT2D eigenvalue weighted by Gasteiger charge is 2.10. The minimum Gasteiger partial charge on any atom is -0.593 e. The fraction of sp³-hybridized carbons (Fsp3) is 0.333. The molecule has 0 aliphatic heterocycles. The fourth-order valence-corrected chi connectivity index (χ4v) is 0.585. The zero-order chi connectivity index (χ0) is 7.98. The van der Waals surface area contributed by atoms with Crippen LogP contribution in [-0.2, 0) is 4.57 Å². The average molecular weight is 160 g/mol. The van der Waals surface area contributed by atoms with Gasteiger partial charge in [-0.2, -0.15) is 0 Å². The maximum atomic E-state index is 10.0. The van der Waals surface area contributed by atoms with Gasteiger partial charge < -0.3 is 10.00 Å². The predicted molar refractivity (Wildman–Crippen MR) is 37.6 cm³/mol. The first-order chi connectivity index (χ1) is 4.68. The Balaban J connectivity index is 3.77. The molecule has 2 unspecified atom stereocenters. The van der Waals surface area contributed by atoms with Crippen molar-refractivity contribution in [3.8, 4) is 0 Å². The lowest BCUT2D eigenvalue weighted by molar-refractivity contribution is -0.170. The molecule has 1 N–H and O–H groups in total. The van der Waals surface area contributed by atoms with E-state index in [1.165, 1.54) is 12.2 Å². The second-order valence-corrected chi connectivity index (χ2v) is 2.71. The highest BCUT2D eigenvalue weighted by atomic mass is 31.1. The van der Waals surface area contributed by atoms with Crippen LogP contribution in [0.2, 0.25) is 0 Å². The van der Waals surface area contributed by atoms with Crippen molar-refractivity contribution in [1.82, 2.24) is 0 Å². The third-order valence-corrected chi connectivity index (χ3v) is 1.41. The van der Waals surface area contributed by atoms with Gasteiger partial charge in [0.2, 0.25) is 0 Å². The van der Waals surface area contributed by atoms with Crippen LogP contribution in [0, 0.1) is 0 Å². The zero-order valence-electron chi connectivity index (χ0n) is 5.60. The first kappa shape index (κ1) is 9.50. The van der Waals surface area contributed by atoms with Gasteiger partial charge in [0.15, 0.2) is 0 Å². The SMILES string of the molecule is C/C=C/C=C/C(O)[P+](=O)[O-]. The number of aliphatic hydroxyl groups is 1. The largest absolute Gasteiger partial charge is 0.593 e. The van der Waals surface area contributed by atoms with Gasteiger partial charge in [0.05, 0.1) is 0 Å². The minimum atomic E-state index is -2.74. The topological polar surface area (TPSA) is 60.4 Å². The molecule has 0 amide bonds. The molecule has 2 atom stereocenters. The average Bonchev–Trinajstić information content (AvgIpc) is 1.88. The Morgan fingerprint density at radius 2 is 2.20 bits per heavy atom. The van der Waals surface area contributed by atoms with Gasteiger partial charge in [0.1, 0.15) is 0 Å². The van der Waals surface area contributed by atoms with Crippen LogP contribution in [0.1, 0.15) is 6.92 Å². The molecule has 4 heteroatoms. The van der Waals surface area contributed by atoms with Gasteiger partial charge in [-0.05, 0) is 13.0 Å². The molecule has 3 nitrogen and oxygen atoms in total. The molecule has 0 saturated carbocycles. The molecule has 56 valence electrons. The maximum absolute atomic E-state index is 10.0. The van der Waals surface area contributed by atoms with Gasteiger partial charge in [0.25, 0.3) is 5.85 Å². The smallest absolute Gasteiger partial charge is 0.345 e. The maximum Gasteiger partial charge on any atom is 0.345 e. The first-order valence-electron chi connectivity index (χ1n) is 2.79. The monoisotopic (exact) mass is 160 g/mol. The van der Waals surface area contributed by atoms with Crippen LogP contribution in [0.15, 0.2) is 24.3 Å². The Hall–Kier alpha value is -0.500. The Morgan fingerprint density at radius 3 is 2.60 bits per heavy atom. The summed E-state index contributed by atoms with van der Waals surface area (Å²) in [6.07, 6.45) is 6.06. The molecule has 0 bridgehead atoms. The third-order valence-electron chi connectivity index (χ3n) is 0.803.